The lowest BCUT2D eigenvalue weighted by Gasteiger charge is -2.57. The molecule has 1 aromatic carbocycles. The SMILES string of the molecule is O=C(CN1C(=O)[C@H]2[C@H](C1=O)[C@H]1C=C[C@H]2C1)Nc1ccc(C23CC4CC(CC(C4)C2)C3)cc1. The van der Waals surface area contributed by atoms with Crippen LogP contribution in [0, 0.1) is 41.4 Å². The third kappa shape index (κ3) is 2.66. The zero-order valence-electron chi connectivity index (χ0n) is 18.3. The Morgan fingerprint density at radius 3 is 1.91 bits per heavy atom. The van der Waals surface area contributed by atoms with Crippen molar-refractivity contribution in [3.05, 3.63) is 42.0 Å². The maximum atomic E-state index is 12.8. The fourth-order valence-electron chi connectivity index (χ4n) is 8.84. The van der Waals surface area contributed by atoms with E-state index in [9.17, 15) is 14.4 Å². The van der Waals surface area contributed by atoms with Crippen LogP contribution in [0.1, 0.15) is 50.5 Å². The zero-order valence-corrected chi connectivity index (χ0v) is 18.3. The van der Waals surface area contributed by atoms with Gasteiger partial charge in [0.1, 0.15) is 6.54 Å². The first-order valence-corrected chi connectivity index (χ1v) is 12.4. The molecular formula is C27H30N2O3. The van der Waals surface area contributed by atoms with Gasteiger partial charge < -0.3 is 5.32 Å². The molecule has 6 aliphatic carbocycles. The minimum absolute atomic E-state index is 0.163. The second kappa shape index (κ2) is 6.55. The summed E-state index contributed by atoms with van der Waals surface area (Å²) < 4.78 is 0. The Labute approximate surface area is 188 Å². The van der Waals surface area contributed by atoms with Gasteiger partial charge >= 0.3 is 0 Å². The van der Waals surface area contributed by atoms with E-state index in [1.165, 1.54) is 49.0 Å². The highest BCUT2D eigenvalue weighted by molar-refractivity contribution is 6.09. The molecule has 166 valence electrons. The highest BCUT2D eigenvalue weighted by atomic mass is 16.2. The first kappa shape index (κ1) is 19.1. The lowest BCUT2D eigenvalue weighted by molar-refractivity contribution is -0.143. The Bertz CT molecular complexity index is 976. The van der Waals surface area contributed by atoms with Crippen molar-refractivity contribution in [2.45, 2.75) is 50.4 Å². The third-order valence-electron chi connectivity index (χ3n) is 9.68. The van der Waals surface area contributed by atoms with Crippen molar-refractivity contribution in [3.8, 4) is 0 Å². The minimum Gasteiger partial charge on any atom is -0.325 e. The van der Waals surface area contributed by atoms with Crippen molar-refractivity contribution in [1.29, 1.82) is 0 Å². The van der Waals surface area contributed by atoms with Crippen LogP contribution in [0.3, 0.4) is 0 Å². The number of carbonyl (C=O) groups excluding carboxylic acids is 3. The summed E-state index contributed by atoms with van der Waals surface area (Å²) in [4.78, 5) is 39.5. The molecule has 1 aliphatic heterocycles. The normalized spacial score (nSPS) is 42.8. The largest absolute Gasteiger partial charge is 0.325 e. The molecule has 0 spiro atoms. The molecule has 1 saturated heterocycles. The molecule has 6 bridgehead atoms. The number of hydrogen-bond donors (Lipinski definition) is 1. The van der Waals surface area contributed by atoms with E-state index in [2.05, 4.69) is 29.6 Å². The second-order valence-electron chi connectivity index (χ2n) is 11.6. The monoisotopic (exact) mass is 430 g/mol. The van der Waals surface area contributed by atoms with Gasteiger partial charge in [0.25, 0.3) is 0 Å². The molecular weight excluding hydrogens is 400 g/mol. The van der Waals surface area contributed by atoms with E-state index in [0.717, 1.165) is 29.9 Å². The summed E-state index contributed by atoms with van der Waals surface area (Å²) in [5.41, 5.74) is 2.51. The molecule has 0 aromatic heterocycles. The van der Waals surface area contributed by atoms with Crippen molar-refractivity contribution < 1.29 is 14.4 Å². The van der Waals surface area contributed by atoms with Gasteiger partial charge in [-0.2, -0.15) is 0 Å². The molecule has 32 heavy (non-hydrogen) atoms. The van der Waals surface area contributed by atoms with Crippen molar-refractivity contribution in [3.63, 3.8) is 0 Å². The average molecular weight is 431 g/mol. The topological polar surface area (TPSA) is 66.5 Å². The average Bonchev–Trinajstić information content (AvgIpc) is 3.43. The van der Waals surface area contributed by atoms with Crippen LogP contribution in [-0.2, 0) is 19.8 Å². The number of allylic oxidation sites excluding steroid dienone is 2. The van der Waals surface area contributed by atoms with Gasteiger partial charge in [-0.3, -0.25) is 19.3 Å². The molecule has 5 heteroatoms. The summed E-state index contributed by atoms with van der Waals surface area (Å²) in [6.45, 7) is -0.180. The van der Waals surface area contributed by atoms with E-state index < -0.39 is 0 Å². The minimum atomic E-state index is -0.297. The first-order chi connectivity index (χ1) is 15.5. The van der Waals surface area contributed by atoms with Crippen molar-refractivity contribution in [2.75, 3.05) is 11.9 Å². The maximum absolute atomic E-state index is 12.8. The van der Waals surface area contributed by atoms with E-state index in [-0.39, 0.29) is 47.9 Å². The van der Waals surface area contributed by atoms with Crippen LogP contribution >= 0.6 is 0 Å². The van der Waals surface area contributed by atoms with Gasteiger partial charge in [-0.1, -0.05) is 24.3 Å². The molecule has 1 heterocycles. The Kier molecular flexibility index (Phi) is 3.91. The molecule has 5 nitrogen and oxygen atoms in total. The number of imide groups is 1. The Morgan fingerprint density at radius 2 is 1.38 bits per heavy atom. The van der Waals surface area contributed by atoms with Crippen molar-refractivity contribution in [1.82, 2.24) is 4.90 Å². The number of hydrogen-bond acceptors (Lipinski definition) is 3. The predicted octanol–water partition coefficient (Wildman–Crippen LogP) is 3.90. The van der Waals surface area contributed by atoms with Gasteiger partial charge in [-0.25, -0.2) is 0 Å². The second-order valence-corrected chi connectivity index (χ2v) is 11.6. The third-order valence-corrected chi connectivity index (χ3v) is 9.68. The standard InChI is InChI=1S/C27H30N2O3/c30-22(14-29-25(31)23-18-1-2-19(10-18)24(23)26(29)32)28-21-5-3-20(4-6-21)27-11-15-7-16(12-27)9-17(8-15)13-27/h1-6,15-19,23-24H,7-14H2,(H,28,30)/t15?,16?,17?,18-,19-,23+,24+,27?/m0/s1. The number of anilines is 1. The zero-order chi connectivity index (χ0) is 21.6. The van der Waals surface area contributed by atoms with Crippen LogP contribution in [-0.4, -0.2) is 29.2 Å². The van der Waals surface area contributed by atoms with Gasteiger partial charge in [0.2, 0.25) is 17.7 Å². The molecule has 8 rings (SSSR count). The van der Waals surface area contributed by atoms with Crippen LogP contribution in [0.4, 0.5) is 5.69 Å². The van der Waals surface area contributed by atoms with E-state index in [1.54, 1.807) is 0 Å². The van der Waals surface area contributed by atoms with Gasteiger partial charge in [-0.15, -0.1) is 0 Å². The van der Waals surface area contributed by atoms with Crippen LogP contribution < -0.4 is 5.32 Å². The summed E-state index contributed by atoms with van der Waals surface area (Å²) in [6, 6.07) is 8.39. The lowest BCUT2D eigenvalue weighted by atomic mass is 9.48. The first-order valence-electron chi connectivity index (χ1n) is 12.4. The number of benzene rings is 1. The van der Waals surface area contributed by atoms with Gasteiger partial charge in [0, 0.05) is 5.69 Å². The number of rotatable bonds is 4. The van der Waals surface area contributed by atoms with Crippen LogP contribution in [0.15, 0.2) is 36.4 Å². The molecule has 0 unspecified atom stereocenters. The summed E-state index contributed by atoms with van der Waals surface area (Å²) in [7, 11) is 0. The Morgan fingerprint density at radius 1 is 0.844 bits per heavy atom. The number of carbonyl (C=O) groups is 3. The van der Waals surface area contributed by atoms with Crippen molar-refractivity contribution in [2.24, 2.45) is 41.4 Å². The fraction of sp³-hybridized carbons (Fsp3) is 0.593. The summed E-state index contributed by atoms with van der Waals surface area (Å²) >= 11 is 0. The summed E-state index contributed by atoms with van der Waals surface area (Å²) in [5, 5.41) is 2.91. The molecule has 1 N–H and O–H groups in total. The number of nitrogens with one attached hydrogen (secondary N) is 1. The predicted molar refractivity (Wildman–Crippen MR) is 119 cm³/mol. The Hall–Kier alpha value is -2.43. The van der Waals surface area contributed by atoms with Crippen LogP contribution in [0.2, 0.25) is 0 Å². The molecule has 3 amide bonds. The number of nitrogens with zero attached hydrogens (tertiary/aromatic N) is 1. The number of likely N-dealkylation sites (tertiary alicyclic amines) is 1. The number of amides is 3. The van der Waals surface area contributed by atoms with Gasteiger partial charge in [-0.05, 0) is 97.6 Å². The van der Waals surface area contributed by atoms with Gasteiger partial charge in [0.15, 0.2) is 0 Å². The molecule has 4 atom stereocenters. The molecule has 5 saturated carbocycles. The summed E-state index contributed by atoms with van der Waals surface area (Å²) in [5.74, 6) is 1.94. The highest BCUT2D eigenvalue weighted by Crippen LogP contribution is 2.60. The smallest absolute Gasteiger partial charge is 0.244 e. The molecule has 6 fully saturated rings. The van der Waals surface area contributed by atoms with Crippen LogP contribution in [0.5, 0.6) is 0 Å². The molecule has 1 aromatic rings. The Balaban J connectivity index is 1.03. The van der Waals surface area contributed by atoms with E-state index >= 15 is 0 Å². The van der Waals surface area contributed by atoms with E-state index in [4.69, 9.17) is 0 Å². The molecule has 0 radical (unpaired) electrons. The van der Waals surface area contributed by atoms with Gasteiger partial charge in [0.05, 0.1) is 11.8 Å². The molecule has 7 aliphatic rings. The maximum Gasteiger partial charge on any atom is 0.244 e. The fourth-order valence-corrected chi connectivity index (χ4v) is 8.84. The number of fused-ring (bicyclic) bond motifs is 5. The summed E-state index contributed by atoms with van der Waals surface area (Å²) in [6.07, 6.45) is 13.3. The van der Waals surface area contributed by atoms with E-state index in [0.29, 0.717) is 5.41 Å². The lowest BCUT2D eigenvalue weighted by Crippen LogP contribution is -2.48. The van der Waals surface area contributed by atoms with Crippen LogP contribution in [0.25, 0.3) is 0 Å². The highest BCUT2D eigenvalue weighted by Gasteiger charge is 2.59. The quantitative estimate of drug-likeness (QED) is 0.582. The van der Waals surface area contributed by atoms with E-state index in [1.807, 2.05) is 12.1 Å². The van der Waals surface area contributed by atoms with Crippen molar-refractivity contribution >= 4 is 23.4 Å².